The maximum Gasteiger partial charge on any atom is 0.519 e. The Morgan fingerprint density at radius 1 is 0.724 bits per heavy atom. The van der Waals surface area contributed by atoms with Crippen LogP contribution in [0.25, 0.3) is 0 Å². The van der Waals surface area contributed by atoms with Crippen LogP contribution in [0.4, 0.5) is 0 Å². The summed E-state index contributed by atoms with van der Waals surface area (Å²) in [6.07, 6.45) is 15.0. The lowest BCUT2D eigenvalue weighted by Crippen LogP contribution is -2.28. The van der Waals surface area contributed by atoms with Gasteiger partial charge in [-0.15, -0.1) is 0 Å². The minimum Gasteiger partial charge on any atom is -0.204 e. The van der Waals surface area contributed by atoms with Crippen molar-refractivity contribution in [2.75, 3.05) is 0 Å². The molecule has 4 rings (SSSR count). The van der Waals surface area contributed by atoms with Gasteiger partial charge in [0.1, 0.15) is 0 Å². The number of hydrogen-bond acceptors (Lipinski definition) is 6. The maximum atomic E-state index is 12.2. The largest absolute Gasteiger partial charge is 0.519 e. The van der Waals surface area contributed by atoms with E-state index in [1.807, 2.05) is 12.2 Å². The molecule has 0 saturated carbocycles. The van der Waals surface area contributed by atoms with Crippen LogP contribution >= 0.6 is 0 Å². The highest BCUT2D eigenvalue weighted by molar-refractivity contribution is 5.89. The summed E-state index contributed by atoms with van der Waals surface area (Å²) in [5.74, 6) is -0.445. The van der Waals surface area contributed by atoms with Crippen molar-refractivity contribution in [2.45, 2.75) is 44.9 Å². The summed E-state index contributed by atoms with van der Waals surface area (Å²) in [7, 11) is 0. The van der Waals surface area contributed by atoms with E-state index in [0.29, 0.717) is 61.2 Å². The van der Waals surface area contributed by atoms with Crippen molar-refractivity contribution in [1.82, 2.24) is 0 Å². The van der Waals surface area contributed by atoms with Gasteiger partial charge in [-0.1, -0.05) is 30.7 Å². The quantitative estimate of drug-likeness (QED) is 0.636. The average Bonchev–Trinajstić information content (AvgIpc) is 2.72. The van der Waals surface area contributed by atoms with Gasteiger partial charge in [-0.2, -0.15) is 9.68 Å². The Labute approximate surface area is 166 Å². The van der Waals surface area contributed by atoms with Crippen molar-refractivity contribution >= 4 is 11.8 Å². The Morgan fingerprint density at radius 3 is 1.62 bits per heavy atom. The topological polar surface area (TPSA) is 92.8 Å². The number of carbonyl (C=O) groups excluding carboxylic acids is 2. The van der Waals surface area contributed by atoms with E-state index in [1.54, 1.807) is 24.3 Å². The van der Waals surface area contributed by atoms with E-state index >= 15 is 0 Å². The SMILES string of the molecule is O=C1C(CCCCCC2=C3CC=CC=C3O[N+](=O)C2=O)=C2CC=CC=C2O[N+]1=O. The molecule has 2 aliphatic carbocycles. The molecule has 0 saturated heterocycles. The molecule has 0 N–H and O–H groups in total. The molecule has 4 aliphatic rings. The van der Waals surface area contributed by atoms with Crippen LogP contribution in [-0.4, -0.2) is 21.7 Å². The zero-order valence-electron chi connectivity index (χ0n) is 15.8. The zero-order chi connectivity index (χ0) is 20.4. The summed E-state index contributed by atoms with van der Waals surface area (Å²) in [5.41, 5.74) is 2.50. The fraction of sp³-hybridized carbons (Fsp3) is 0.333. The molecule has 8 heteroatoms. The normalized spacial score (nSPS) is 20.8. The first-order valence-electron chi connectivity index (χ1n) is 9.64. The predicted octanol–water partition coefficient (Wildman–Crippen LogP) is 3.72. The number of hydrogen-bond donors (Lipinski definition) is 0. The van der Waals surface area contributed by atoms with E-state index in [0.717, 1.165) is 17.6 Å². The van der Waals surface area contributed by atoms with Gasteiger partial charge in [-0.05, 0) is 50.7 Å². The molecule has 0 spiro atoms. The molecule has 0 fully saturated rings. The van der Waals surface area contributed by atoms with Crippen LogP contribution in [0.15, 0.2) is 70.3 Å². The number of allylic oxidation sites excluding steroid dienone is 8. The standard InChI is InChI=1S/C21H20N2O6/c24-20-16(14-8-4-6-12-18(14)28-22(20)26)10-2-1-3-11-17-15-9-5-7-13-19(15)29-23(27)21(17)25/h4-7,12-13H,1-3,8-11H2/q+2. The van der Waals surface area contributed by atoms with Gasteiger partial charge in [0.15, 0.2) is 0 Å². The monoisotopic (exact) mass is 396 g/mol. The van der Waals surface area contributed by atoms with E-state index in [4.69, 9.17) is 9.68 Å². The molecule has 0 unspecified atom stereocenters. The Balaban J connectivity index is 1.38. The first-order valence-corrected chi connectivity index (χ1v) is 9.64. The Bertz CT molecular complexity index is 926. The summed E-state index contributed by atoms with van der Waals surface area (Å²) in [4.78, 5) is 57.8. The fourth-order valence-corrected chi connectivity index (χ4v) is 3.84. The highest BCUT2D eigenvalue weighted by Gasteiger charge is 2.42. The molecule has 2 heterocycles. The zero-order valence-corrected chi connectivity index (χ0v) is 15.8. The highest BCUT2D eigenvalue weighted by Crippen LogP contribution is 2.33. The molecule has 0 atom stereocenters. The summed E-state index contributed by atoms with van der Waals surface area (Å²) >= 11 is 0. The number of amides is 2. The second-order valence-corrected chi connectivity index (χ2v) is 7.11. The van der Waals surface area contributed by atoms with Crippen LogP contribution in [0.1, 0.15) is 44.9 Å². The van der Waals surface area contributed by atoms with Crippen molar-refractivity contribution in [3.05, 3.63) is 80.1 Å². The number of unbranched alkanes of at least 4 members (excludes halogenated alkanes) is 2. The summed E-state index contributed by atoms with van der Waals surface area (Å²) in [6.45, 7) is 0. The van der Waals surface area contributed by atoms with Crippen LogP contribution in [0.2, 0.25) is 0 Å². The van der Waals surface area contributed by atoms with Crippen LogP contribution in [0.3, 0.4) is 0 Å². The molecular weight excluding hydrogens is 376 g/mol. The summed E-state index contributed by atoms with van der Waals surface area (Å²) in [6, 6.07) is 0. The maximum absolute atomic E-state index is 12.2. The fourth-order valence-electron chi connectivity index (χ4n) is 3.84. The van der Waals surface area contributed by atoms with Crippen LogP contribution in [-0.2, 0) is 19.3 Å². The van der Waals surface area contributed by atoms with E-state index in [9.17, 15) is 19.4 Å². The Kier molecular flexibility index (Phi) is 5.16. The van der Waals surface area contributed by atoms with E-state index in [2.05, 4.69) is 0 Å². The third-order valence-corrected chi connectivity index (χ3v) is 5.30. The first-order chi connectivity index (χ1) is 14.1. The van der Waals surface area contributed by atoms with Crippen LogP contribution in [0.5, 0.6) is 0 Å². The van der Waals surface area contributed by atoms with Crippen molar-refractivity contribution in [1.29, 1.82) is 0 Å². The first kappa shape index (κ1) is 18.9. The summed E-state index contributed by atoms with van der Waals surface area (Å²) in [5, 5.41) is 0. The minimum atomic E-state index is -0.650. The number of fused-ring (bicyclic) bond motifs is 2. The van der Waals surface area contributed by atoms with Crippen molar-refractivity contribution in [3.8, 4) is 0 Å². The average molecular weight is 396 g/mol. The predicted molar refractivity (Wildman–Crippen MR) is 100 cm³/mol. The molecule has 0 radical (unpaired) electrons. The number of rotatable bonds is 6. The third kappa shape index (κ3) is 3.65. The molecule has 29 heavy (non-hydrogen) atoms. The van der Waals surface area contributed by atoms with Gasteiger partial charge in [0.05, 0.1) is 21.0 Å². The third-order valence-electron chi connectivity index (χ3n) is 5.30. The molecule has 0 aromatic rings. The molecule has 2 amide bonds. The molecule has 2 aliphatic heterocycles. The second-order valence-electron chi connectivity index (χ2n) is 7.11. The number of carbonyl (C=O) groups is 2. The molecule has 0 bridgehead atoms. The van der Waals surface area contributed by atoms with Crippen molar-refractivity contribution < 1.29 is 29.1 Å². The molecule has 0 aromatic heterocycles. The molecule has 0 aromatic carbocycles. The van der Waals surface area contributed by atoms with Crippen molar-refractivity contribution in [2.24, 2.45) is 0 Å². The van der Waals surface area contributed by atoms with Gasteiger partial charge in [-0.3, -0.25) is 0 Å². The molecule has 148 valence electrons. The highest BCUT2D eigenvalue weighted by atomic mass is 16.8. The minimum absolute atomic E-state index is 0.0320. The van der Waals surface area contributed by atoms with Gasteiger partial charge < -0.3 is 0 Å². The van der Waals surface area contributed by atoms with Gasteiger partial charge in [-0.25, -0.2) is 9.59 Å². The van der Waals surface area contributed by atoms with Crippen LogP contribution in [0, 0.1) is 9.81 Å². The van der Waals surface area contributed by atoms with Gasteiger partial charge in [0.25, 0.3) is 0 Å². The lowest BCUT2D eigenvalue weighted by Gasteiger charge is -2.16. The van der Waals surface area contributed by atoms with Crippen LogP contribution < -0.4 is 0 Å². The lowest BCUT2D eigenvalue weighted by atomic mass is 9.92. The summed E-state index contributed by atoms with van der Waals surface area (Å²) < 4.78 is 0. The molecular formula is C21H20N2O6+2. The van der Waals surface area contributed by atoms with E-state index < -0.39 is 11.8 Å². The Morgan fingerprint density at radius 2 is 1.17 bits per heavy atom. The lowest BCUT2D eigenvalue weighted by molar-refractivity contribution is -0.721. The molecule has 8 nitrogen and oxygen atoms in total. The number of nitrogens with zero attached hydrogens (tertiary/aromatic N) is 2. The van der Waals surface area contributed by atoms with Crippen molar-refractivity contribution in [3.63, 3.8) is 0 Å². The van der Waals surface area contributed by atoms with Gasteiger partial charge in [0.2, 0.25) is 11.5 Å². The second kappa shape index (κ2) is 7.90. The van der Waals surface area contributed by atoms with E-state index in [1.165, 1.54) is 0 Å². The Hall–Kier alpha value is -3.42. The smallest absolute Gasteiger partial charge is 0.204 e. The van der Waals surface area contributed by atoms with E-state index in [-0.39, 0.29) is 9.85 Å². The van der Waals surface area contributed by atoms with Gasteiger partial charge >= 0.3 is 21.7 Å². The van der Waals surface area contributed by atoms with Gasteiger partial charge in [0, 0.05) is 11.1 Å².